The smallest absolute Gasteiger partial charge is 0.227 e. The highest BCUT2D eigenvalue weighted by atomic mass is 16.5. The zero-order valence-electron chi connectivity index (χ0n) is 20.2. The number of rotatable bonds is 10. The molecule has 1 aliphatic heterocycles. The molecular weight excluding hydrogens is 456 g/mol. The van der Waals surface area contributed by atoms with Crippen molar-refractivity contribution in [3.05, 3.63) is 71.1 Å². The van der Waals surface area contributed by atoms with Crippen molar-refractivity contribution in [1.82, 2.24) is 30.2 Å². The standard InChI is InChI=1S/C26H28N8O2/c1-3-34-13-20(14-35)32-25(34)18-6-4-16(5-7-18)11-28-23-19(10-27)12-29-24(33-23)21-22(17-8-9-17)30-15-31-26(21)36-2/h4-7,10,12-15,17,25,27,32H,3,8-9,11H2,1-2H3,(H,28,29,33). The van der Waals surface area contributed by atoms with Gasteiger partial charge < -0.3 is 25.7 Å². The molecule has 5 rings (SSSR count). The van der Waals surface area contributed by atoms with Gasteiger partial charge in [0.25, 0.3) is 0 Å². The van der Waals surface area contributed by atoms with Crippen molar-refractivity contribution in [3.8, 4) is 17.3 Å². The van der Waals surface area contributed by atoms with Crippen molar-refractivity contribution in [2.24, 2.45) is 0 Å². The van der Waals surface area contributed by atoms with Crippen LogP contribution in [0, 0.1) is 5.41 Å². The number of carbonyl (C=O) groups is 1. The molecular formula is C26H28N8O2. The molecule has 0 spiro atoms. The third kappa shape index (κ3) is 4.61. The number of ether oxygens (including phenoxy) is 1. The minimum atomic E-state index is -0.0603. The van der Waals surface area contributed by atoms with Crippen LogP contribution in [0.5, 0.6) is 5.88 Å². The third-order valence-electron chi connectivity index (χ3n) is 6.38. The molecule has 1 atom stereocenters. The highest BCUT2D eigenvalue weighted by molar-refractivity contribution is 5.84. The molecule has 0 amide bonds. The highest BCUT2D eigenvalue weighted by Crippen LogP contribution is 2.44. The molecule has 2 aliphatic rings. The number of aldehydes is 1. The van der Waals surface area contributed by atoms with Gasteiger partial charge in [0.05, 0.1) is 24.1 Å². The van der Waals surface area contributed by atoms with E-state index in [0.29, 0.717) is 46.8 Å². The van der Waals surface area contributed by atoms with Crippen LogP contribution in [0.4, 0.5) is 5.82 Å². The van der Waals surface area contributed by atoms with Crippen molar-refractivity contribution >= 4 is 18.3 Å². The van der Waals surface area contributed by atoms with E-state index in [1.54, 1.807) is 13.3 Å². The van der Waals surface area contributed by atoms with E-state index < -0.39 is 0 Å². The lowest BCUT2D eigenvalue weighted by atomic mass is 10.1. The molecule has 3 heterocycles. The molecule has 3 aromatic rings. The SMILES string of the molecule is CCN1C=C(C=O)NC1c1ccc(CNc2nc(-c3c(OC)ncnc3C3CC3)ncc2C=N)cc1. The number of nitrogens with one attached hydrogen (secondary N) is 3. The summed E-state index contributed by atoms with van der Waals surface area (Å²) in [4.78, 5) is 31.2. The lowest BCUT2D eigenvalue weighted by molar-refractivity contribution is -0.105. The van der Waals surface area contributed by atoms with Crippen LogP contribution in [-0.4, -0.2) is 51.0 Å². The van der Waals surface area contributed by atoms with Crippen LogP contribution in [0.2, 0.25) is 0 Å². The van der Waals surface area contributed by atoms with Crippen molar-refractivity contribution in [3.63, 3.8) is 0 Å². The van der Waals surface area contributed by atoms with Crippen LogP contribution in [0.3, 0.4) is 0 Å². The lowest BCUT2D eigenvalue weighted by Gasteiger charge is -2.24. The molecule has 184 valence electrons. The number of nitrogens with zero attached hydrogens (tertiary/aromatic N) is 5. The zero-order valence-corrected chi connectivity index (χ0v) is 20.2. The number of carbonyl (C=O) groups excluding carboxylic acids is 1. The van der Waals surface area contributed by atoms with Gasteiger partial charge in [-0.05, 0) is 30.9 Å². The summed E-state index contributed by atoms with van der Waals surface area (Å²) >= 11 is 0. The van der Waals surface area contributed by atoms with Gasteiger partial charge in [-0.2, -0.15) is 0 Å². The van der Waals surface area contributed by atoms with E-state index in [-0.39, 0.29) is 6.17 Å². The number of benzene rings is 1. The number of methoxy groups -OCH3 is 1. The average Bonchev–Trinajstić information content (AvgIpc) is 3.70. The van der Waals surface area contributed by atoms with E-state index in [4.69, 9.17) is 15.1 Å². The van der Waals surface area contributed by atoms with Gasteiger partial charge in [0.1, 0.15) is 23.9 Å². The van der Waals surface area contributed by atoms with Crippen molar-refractivity contribution in [2.45, 2.75) is 38.4 Å². The van der Waals surface area contributed by atoms with E-state index in [2.05, 4.69) is 49.5 Å². The maximum absolute atomic E-state index is 11.2. The number of allylic oxidation sites excluding steroid dienone is 1. The maximum atomic E-state index is 11.2. The van der Waals surface area contributed by atoms with Crippen LogP contribution in [0.25, 0.3) is 11.4 Å². The number of anilines is 1. The Hall–Kier alpha value is -4.34. The van der Waals surface area contributed by atoms with E-state index in [9.17, 15) is 4.79 Å². The first kappa shape index (κ1) is 23.4. The summed E-state index contributed by atoms with van der Waals surface area (Å²) in [5.74, 6) is 1.85. The van der Waals surface area contributed by atoms with Gasteiger partial charge >= 0.3 is 0 Å². The highest BCUT2D eigenvalue weighted by Gasteiger charge is 2.31. The largest absolute Gasteiger partial charge is 0.480 e. The summed E-state index contributed by atoms with van der Waals surface area (Å²) in [7, 11) is 1.58. The fourth-order valence-corrected chi connectivity index (χ4v) is 4.32. The molecule has 1 aliphatic carbocycles. The molecule has 36 heavy (non-hydrogen) atoms. The summed E-state index contributed by atoms with van der Waals surface area (Å²) in [5, 5.41) is 14.4. The molecule has 1 fully saturated rings. The lowest BCUT2D eigenvalue weighted by Crippen LogP contribution is -2.27. The second-order valence-corrected chi connectivity index (χ2v) is 8.73. The molecule has 0 radical (unpaired) electrons. The first-order chi connectivity index (χ1) is 17.6. The van der Waals surface area contributed by atoms with Crippen LogP contribution < -0.4 is 15.4 Å². The molecule has 2 aromatic heterocycles. The van der Waals surface area contributed by atoms with E-state index in [1.807, 2.05) is 18.3 Å². The Morgan fingerprint density at radius 3 is 2.69 bits per heavy atom. The predicted molar refractivity (Wildman–Crippen MR) is 136 cm³/mol. The summed E-state index contributed by atoms with van der Waals surface area (Å²) < 4.78 is 5.50. The van der Waals surface area contributed by atoms with Gasteiger partial charge in [-0.1, -0.05) is 24.3 Å². The predicted octanol–water partition coefficient (Wildman–Crippen LogP) is 3.39. The monoisotopic (exact) mass is 484 g/mol. The van der Waals surface area contributed by atoms with Crippen LogP contribution in [0.15, 0.2) is 48.7 Å². The van der Waals surface area contributed by atoms with Crippen LogP contribution >= 0.6 is 0 Å². The van der Waals surface area contributed by atoms with E-state index in [0.717, 1.165) is 42.5 Å². The van der Waals surface area contributed by atoms with E-state index >= 15 is 0 Å². The van der Waals surface area contributed by atoms with E-state index in [1.165, 1.54) is 12.5 Å². The topological polar surface area (TPSA) is 129 Å². The molecule has 0 saturated heterocycles. The summed E-state index contributed by atoms with van der Waals surface area (Å²) in [6.45, 7) is 3.36. The molecule has 0 bridgehead atoms. The molecule has 10 nitrogen and oxygen atoms in total. The van der Waals surface area contributed by atoms with Gasteiger partial charge in [0.15, 0.2) is 12.1 Å². The maximum Gasteiger partial charge on any atom is 0.227 e. The Kier molecular flexibility index (Phi) is 6.57. The second-order valence-electron chi connectivity index (χ2n) is 8.73. The van der Waals surface area contributed by atoms with Crippen molar-refractivity contribution in [2.75, 3.05) is 19.0 Å². The molecule has 1 saturated carbocycles. The first-order valence-corrected chi connectivity index (χ1v) is 11.9. The van der Waals surface area contributed by atoms with Gasteiger partial charge in [-0.15, -0.1) is 0 Å². The van der Waals surface area contributed by atoms with Gasteiger partial charge in [-0.3, -0.25) is 4.79 Å². The van der Waals surface area contributed by atoms with Crippen molar-refractivity contribution in [1.29, 1.82) is 5.41 Å². The Labute approximate surface area is 209 Å². The number of aromatic nitrogens is 4. The van der Waals surface area contributed by atoms with Crippen molar-refractivity contribution < 1.29 is 9.53 Å². The minimum Gasteiger partial charge on any atom is -0.480 e. The Balaban J connectivity index is 1.35. The molecule has 1 unspecified atom stereocenters. The normalized spacial score (nSPS) is 16.8. The van der Waals surface area contributed by atoms with Gasteiger partial charge in [-0.25, -0.2) is 19.9 Å². The Morgan fingerprint density at radius 1 is 1.22 bits per heavy atom. The Morgan fingerprint density at radius 2 is 2.03 bits per heavy atom. The quantitative estimate of drug-likeness (QED) is 0.293. The number of hydrogen-bond donors (Lipinski definition) is 3. The zero-order chi connectivity index (χ0) is 25.1. The third-order valence-corrected chi connectivity index (χ3v) is 6.38. The Bertz CT molecular complexity index is 1300. The summed E-state index contributed by atoms with van der Waals surface area (Å²) in [6.07, 6.45) is 9.15. The summed E-state index contributed by atoms with van der Waals surface area (Å²) in [5.41, 5.74) is 4.90. The molecule has 3 N–H and O–H groups in total. The van der Waals surface area contributed by atoms with Crippen LogP contribution in [0.1, 0.15) is 54.2 Å². The minimum absolute atomic E-state index is 0.0603. The fraction of sp³-hybridized carbons (Fsp3) is 0.308. The summed E-state index contributed by atoms with van der Waals surface area (Å²) in [6, 6.07) is 8.19. The fourth-order valence-electron chi connectivity index (χ4n) is 4.32. The molecule has 1 aromatic carbocycles. The van der Waals surface area contributed by atoms with Crippen LogP contribution in [-0.2, 0) is 11.3 Å². The molecule has 10 heteroatoms. The van der Waals surface area contributed by atoms with Gasteiger partial charge in [0.2, 0.25) is 5.88 Å². The second kappa shape index (κ2) is 10.1. The average molecular weight is 485 g/mol. The van der Waals surface area contributed by atoms with Gasteiger partial charge in [0, 0.05) is 37.6 Å². The first-order valence-electron chi connectivity index (χ1n) is 11.9. The number of hydrogen-bond acceptors (Lipinski definition) is 10.